The molecule has 26 heavy (non-hydrogen) atoms. The lowest BCUT2D eigenvalue weighted by atomic mass is 10.0. The van der Waals surface area contributed by atoms with Crippen molar-refractivity contribution in [1.82, 2.24) is 9.97 Å². The van der Waals surface area contributed by atoms with Crippen LogP contribution >= 0.6 is 11.6 Å². The van der Waals surface area contributed by atoms with E-state index >= 15 is 0 Å². The Morgan fingerprint density at radius 2 is 2.15 bits per heavy atom. The number of sulfone groups is 1. The smallest absolute Gasteiger partial charge is 0.257 e. The minimum Gasteiger partial charge on any atom is -0.346 e. The third-order valence-electron chi connectivity index (χ3n) is 4.48. The van der Waals surface area contributed by atoms with E-state index in [1.807, 2.05) is 0 Å². The molecule has 0 spiro atoms. The van der Waals surface area contributed by atoms with Gasteiger partial charge in [0.1, 0.15) is 5.65 Å². The molecule has 4 rings (SSSR count). The monoisotopic (exact) mass is 390 g/mol. The average molecular weight is 391 g/mol. The number of aromatic nitrogens is 2. The lowest BCUT2D eigenvalue weighted by Crippen LogP contribution is -2.26. The van der Waals surface area contributed by atoms with Crippen LogP contribution in [0.4, 0.5) is 5.69 Å². The number of nitrogens with zero attached hydrogens (tertiary/aromatic N) is 1. The molecule has 0 aliphatic carbocycles. The topological polar surface area (TPSA) is 118 Å². The summed E-state index contributed by atoms with van der Waals surface area (Å²) < 4.78 is 24.7. The molecule has 4 N–H and O–H groups in total. The highest BCUT2D eigenvalue weighted by Gasteiger charge is 2.30. The molecule has 0 radical (unpaired) electrons. The summed E-state index contributed by atoms with van der Waals surface area (Å²) in [5.74, 6) is -0.543. The van der Waals surface area contributed by atoms with Crippen LogP contribution in [0.25, 0.3) is 11.0 Å². The molecular formula is C17H15ClN4O3S. The van der Waals surface area contributed by atoms with E-state index in [-0.39, 0.29) is 21.2 Å². The number of rotatable bonds is 2. The predicted molar refractivity (Wildman–Crippen MR) is 99.1 cm³/mol. The number of carbonyl (C=O) groups excluding carboxylic acids is 1. The van der Waals surface area contributed by atoms with Crippen molar-refractivity contribution in [2.24, 2.45) is 5.73 Å². The summed E-state index contributed by atoms with van der Waals surface area (Å²) in [5.41, 5.74) is 7.73. The molecule has 3 heterocycles. The number of carbonyl (C=O) groups is 1. The van der Waals surface area contributed by atoms with Gasteiger partial charge in [-0.3, -0.25) is 4.79 Å². The van der Waals surface area contributed by atoms with Crippen LogP contribution in [-0.2, 0) is 9.84 Å². The van der Waals surface area contributed by atoms with Gasteiger partial charge in [0.2, 0.25) is 0 Å². The summed E-state index contributed by atoms with van der Waals surface area (Å²) in [6.45, 7) is 0. The summed E-state index contributed by atoms with van der Waals surface area (Å²) in [6, 6.07) is 5.83. The summed E-state index contributed by atoms with van der Waals surface area (Å²) in [7, 11) is -3.48. The molecule has 1 aliphatic rings. The SMILES string of the molecule is N[C@H]1CCS(=O)(=O)c2cc(C(=O)Nc3ccnc4[nH]ccc34)c(Cl)cc21. The van der Waals surface area contributed by atoms with Crippen molar-refractivity contribution in [1.29, 1.82) is 0 Å². The standard InChI is InChI=1S/C17H15ClN4O3S/c18-12-7-11-13(19)3-6-26(24,25)15(11)8-10(12)17(23)22-14-2-5-21-16-9(14)1-4-20-16/h1-2,4-5,7-8,13H,3,6,19H2,(H2,20,21,22,23)/t13-/m0/s1. The fourth-order valence-electron chi connectivity index (χ4n) is 3.11. The summed E-state index contributed by atoms with van der Waals surface area (Å²) in [4.78, 5) is 19.9. The zero-order valence-electron chi connectivity index (χ0n) is 13.5. The van der Waals surface area contributed by atoms with Crippen LogP contribution in [0.15, 0.2) is 41.6 Å². The van der Waals surface area contributed by atoms with E-state index in [0.717, 1.165) is 5.39 Å². The molecule has 0 unspecified atom stereocenters. The van der Waals surface area contributed by atoms with Crippen molar-refractivity contribution in [3.63, 3.8) is 0 Å². The van der Waals surface area contributed by atoms with Gasteiger partial charge in [-0.15, -0.1) is 0 Å². The Balaban J connectivity index is 1.76. The van der Waals surface area contributed by atoms with Crippen LogP contribution in [0.5, 0.6) is 0 Å². The largest absolute Gasteiger partial charge is 0.346 e. The average Bonchev–Trinajstić information content (AvgIpc) is 3.08. The molecule has 1 aliphatic heterocycles. The second kappa shape index (κ2) is 6.08. The predicted octanol–water partition coefficient (Wildman–Crippen LogP) is 2.65. The number of amides is 1. The fraction of sp³-hybridized carbons (Fsp3) is 0.176. The summed E-state index contributed by atoms with van der Waals surface area (Å²) in [5, 5.41) is 3.66. The van der Waals surface area contributed by atoms with Gasteiger partial charge < -0.3 is 16.0 Å². The molecule has 0 saturated heterocycles. The van der Waals surface area contributed by atoms with E-state index in [4.69, 9.17) is 17.3 Å². The van der Waals surface area contributed by atoms with Gasteiger partial charge in [0.05, 0.1) is 26.9 Å². The first-order valence-electron chi connectivity index (χ1n) is 7.92. The third kappa shape index (κ3) is 2.76. The Morgan fingerprint density at radius 1 is 1.35 bits per heavy atom. The van der Waals surface area contributed by atoms with Gasteiger partial charge in [-0.2, -0.15) is 0 Å². The van der Waals surface area contributed by atoms with E-state index in [9.17, 15) is 13.2 Å². The highest BCUT2D eigenvalue weighted by Crippen LogP contribution is 2.35. The van der Waals surface area contributed by atoms with Crippen molar-refractivity contribution in [2.45, 2.75) is 17.4 Å². The number of hydrogen-bond donors (Lipinski definition) is 3. The Morgan fingerprint density at radius 3 is 2.96 bits per heavy atom. The number of anilines is 1. The molecule has 0 saturated carbocycles. The lowest BCUT2D eigenvalue weighted by molar-refractivity contribution is 0.102. The van der Waals surface area contributed by atoms with Crippen molar-refractivity contribution in [3.05, 3.63) is 52.8 Å². The Kier molecular flexibility index (Phi) is 3.98. The van der Waals surface area contributed by atoms with Crippen LogP contribution in [0, 0.1) is 0 Å². The number of pyridine rings is 1. The van der Waals surface area contributed by atoms with E-state index in [1.165, 1.54) is 12.1 Å². The number of fused-ring (bicyclic) bond motifs is 2. The van der Waals surface area contributed by atoms with Gasteiger partial charge in [0.15, 0.2) is 9.84 Å². The zero-order valence-corrected chi connectivity index (χ0v) is 15.1. The highest BCUT2D eigenvalue weighted by molar-refractivity contribution is 7.91. The highest BCUT2D eigenvalue weighted by atomic mass is 35.5. The van der Waals surface area contributed by atoms with Crippen molar-refractivity contribution in [3.8, 4) is 0 Å². The van der Waals surface area contributed by atoms with Gasteiger partial charge in [-0.1, -0.05) is 11.6 Å². The quantitative estimate of drug-likeness (QED) is 0.621. The van der Waals surface area contributed by atoms with Crippen LogP contribution in [0.2, 0.25) is 5.02 Å². The molecule has 7 nitrogen and oxygen atoms in total. The minimum atomic E-state index is -3.48. The summed E-state index contributed by atoms with van der Waals surface area (Å²) in [6.07, 6.45) is 3.61. The van der Waals surface area contributed by atoms with E-state index in [0.29, 0.717) is 23.3 Å². The van der Waals surface area contributed by atoms with Crippen molar-refractivity contribution in [2.75, 3.05) is 11.1 Å². The second-order valence-electron chi connectivity index (χ2n) is 6.14. The molecular weight excluding hydrogens is 376 g/mol. The normalized spacial score (nSPS) is 18.5. The van der Waals surface area contributed by atoms with Crippen LogP contribution in [0.1, 0.15) is 28.4 Å². The number of aromatic amines is 1. The van der Waals surface area contributed by atoms with Crippen LogP contribution in [-0.4, -0.2) is 30.0 Å². The molecule has 2 aromatic heterocycles. The Hall–Kier alpha value is -2.42. The number of benzene rings is 1. The van der Waals surface area contributed by atoms with Gasteiger partial charge in [-0.05, 0) is 36.2 Å². The molecule has 1 aromatic carbocycles. The maximum absolute atomic E-state index is 12.7. The zero-order chi connectivity index (χ0) is 18.5. The Labute approximate surface area is 154 Å². The molecule has 9 heteroatoms. The summed E-state index contributed by atoms with van der Waals surface area (Å²) >= 11 is 6.25. The van der Waals surface area contributed by atoms with Gasteiger partial charge in [0, 0.05) is 23.8 Å². The van der Waals surface area contributed by atoms with Crippen LogP contribution in [0.3, 0.4) is 0 Å². The number of H-pyrrole nitrogens is 1. The first-order chi connectivity index (χ1) is 12.4. The fourth-order valence-corrected chi connectivity index (χ4v) is 5.02. The molecule has 3 aromatic rings. The molecule has 1 amide bonds. The second-order valence-corrected chi connectivity index (χ2v) is 8.62. The number of nitrogens with two attached hydrogens (primary N) is 1. The maximum atomic E-state index is 12.7. The van der Waals surface area contributed by atoms with Crippen molar-refractivity contribution >= 4 is 44.1 Å². The molecule has 0 bridgehead atoms. The van der Waals surface area contributed by atoms with E-state index in [2.05, 4.69) is 15.3 Å². The first-order valence-corrected chi connectivity index (χ1v) is 9.95. The lowest BCUT2D eigenvalue weighted by Gasteiger charge is -2.23. The van der Waals surface area contributed by atoms with Crippen LogP contribution < -0.4 is 11.1 Å². The van der Waals surface area contributed by atoms with Gasteiger partial charge >= 0.3 is 0 Å². The molecule has 1 atom stereocenters. The Bertz CT molecular complexity index is 1140. The number of halogens is 1. The third-order valence-corrected chi connectivity index (χ3v) is 6.59. The number of hydrogen-bond acceptors (Lipinski definition) is 5. The molecule has 0 fully saturated rings. The van der Waals surface area contributed by atoms with Crippen molar-refractivity contribution < 1.29 is 13.2 Å². The van der Waals surface area contributed by atoms with E-state index < -0.39 is 21.8 Å². The number of nitrogens with one attached hydrogen (secondary N) is 2. The minimum absolute atomic E-state index is 0.0435. The first kappa shape index (κ1) is 17.0. The maximum Gasteiger partial charge on any atom is 0.257 e. The van der Waals surface area contributed by atoms with Gasteiger partial charge in [0.25, 0.3) is 5.91 Å². The van der Waals surface area contributed by atoms with E-state index in [1.54, 1.807) is 24.5 Å². The van der Waals surface area contributed by atoms with Gasteiger partial charge in [-0.25, -0.2) is 13.4 Å². The molecule has 134 valence electrons.